The molecule has 16 heteroatoms. The van der Waals surface area contributed by atoms with Crippen molar-refractivity contribution in [3.8, 4) is 0 Å². The topological polar surface area (TPSA) is 168 Å². The van der Waals surface area contributed by atoms with Gasteiger partial charge in [-0.2, -0.15) is 13.2 Å². The first-order chi connectivity index (χ1) is 22.5. The van der Waals surface area contributed by atoms with Crippen LogP contribution in [0.2, 0.25) is 0 Å². The molecule has 1 saturated heterocycles. The maximum atomic E-state index is 13.3. The molecular formula is C31H32F3N5O8. The van der Waals surface area contributed by atoms with Crippen LogP contribution in [-0.2, 0) is 36.7 Å². The normalized spacial score (nSPS) is 16.9. The molecule has 0 spiro atoms. The average molecular weight is 660 g/mol. The van der Waals surface area contributed by atoms with Gasteiger partial charge < -0.3 is 35.4 Å². The van der Waals surface area contributed by atoms with Crippen molar-refractivity contribution in [2.45, 2.75) is 37.4 Å². The largest absolute Gasteiger partial charge is 0.528 e. The summed E-state index contributed by atoms with van der Waals surface area (Å²) in [5.74, 6) is -3.00. The predicted molar refractivity (Wildman–Crippen MR) is 159 cm³/mol. The van der Waals surface area contributed by atoms with Crippen molar-refractivity contribution in [3.63, 3.8) is 0 Å². The minimum atomic E-state index is -4.84. The molecule has 0 saturated carbocycles. The van der Waals surface area contributed by atoms with E-state index in [1.807, 2.05) is 11.4 Å². The third kappa shape index (κ3) is 10.7. The van der Waals surface area contributed by atoms with Gasteiger partial charge in [-0.1, -0.05) is 48.5 Å². The van der Waals surface area contributed by atoms with Crippen LogP contribution >= 0.6 is 0 Å². The minimum absolute atomic E-state index is 0.00288. The van der Waals surface area contributed by atoms with Crippen LogP contribution in [0.25, 0.3) is 0 Å². The van der Waals surface area contributed by atoms with Crippen LogP contribution in [-0.4, -0.2) is 83.5 Å². The van der Waals surface area contributed by atoms with E-state index in [1.165, 1.54) is 11.1 Å². The Balaban J connectivity index is 1.29. The lowest BCUT2D eigenvalue weighted by atomic mass is 10.1. The van der Waals surface area contributed by atoms with Gasteiger partial charge in [-0.15, -0.1) is 5.06 Å². The molecule has 0 radical (unpaired) electrons. The smallest absolute Gasteiger partial charge is 0.480 e. The second-order valence-electron chi connectivity index (χ2n) is 10.3. The Kier molecular flexibility index (Phi) is 12.1. The molecule has 1 aliphatic rings. The molecule has 3 atom stereocenters. The van der Waals surface area contributed by atoms with Gasteiger partial charge in [0.1, 0.15) is 25.1 Å². The maximum absolute atomic E-state index is 13.3. The number of aromatic nitrogens is 1. The quantitative estimate of drug-likeness (QED) is 0.188. The fourth-order valence-corrected chi connectivity index (χ4v) is 4.62. The number of carboxylic acids is 1. The van der Waals surface area contributed by atoms with E-state index in [2.05, 4.69) is 15.6 Å². The molecule has 4 rings (SSSR count). The number of hydrogen-bond donors (Lipinski definition) is 4. The van der Waals surface area contributed by atoms with Gasteiger partial charge in [-0.25, -0.2) is 14.6 Å². The summed E-state index contributed by atoms with van der Waals surface area (Å²) in [7, 11) is 0. The van der Waals surface area contributed by atoms with Crippen molar-refractivity contribution >= 4 is 29.8 Å². The summed E-state index contributed by atoms with van der Waals surface area (Å²) in [5.41, 5.74) is -1.22. The lowest BCUT2D eigenvalue weighted by molar-refractivity contribution is -0.143. The Bertz CT molecular complexity index is 1510. The van der Waals surface area contributed by atoms with Gasteiger partial charge in [0, 0.05) is 19.3 Å². The van der Waals surface area contributed by atoms with Crippen molar-refractivity contribution in [1.82, 2.24) is 20.7 Å². The van der Waals surface area contributed by atoms with Crippen molar-refractivity contribution in [2.75, 3.05) is 31.6 Å². The fourth-order valence-electron chi connectivity index (χ4n) is 4.62. The summed E-state index contributed by atoms with van der Waals surface area (Å²) in [6.45, 7) is -0.770. The molecule has 47 heavy (non-hydrogen) atoms. The van der Waals surface area contributed by atoms with Crippen LogP contribution < -0.4 is 16.0 Å². The number of hydroxylamine groups is 2. The van der Waals surface area contributed by atoms with E-state index in [0.29, 0.717) is 24.8 Å². The van der Waals surface area contributed by atoms with E-state index >= 15 is 0 Å². The van der Waals surface area contributed by atoms with Gasteiger partial charge in [-0.3, -0.25) is 9.59 Å². The molecule has 3 unspecified atom stereocenters. The highest BCUT2D eigenvalue weighted by Crippen LogP contribution is 2.31. The second kappa shape index (κ2) is 16.4. The summed E-state index contributed by atoms with van der Waals surface area (Å²) >= 11 is 0. The van der Waals surface area contributed by atoms with Crippen molar-refractivity contribution in [1.29, 1.82) is 0 Å². The average Bonchev–Trinajstić information content (AvgIpc) is 3.45. The van der Waals surface area contributed by atoms with E-state index in [1.54, 1.807) is 48.7 Å². The number of aliphatic carboxylic acids is 1. The number of carboxylic acid groups (broad SMARTS) is 1. The Morgan fingerprint density at radius 1 is 1.00 bits per heavy atom. The van der Waals surface area contributed by atoms with Crippen LogP contribution in [0.5, 0.6) is 0 Å². The molecule has 3 aromatic rings. The van der Waals surface area contributed by atoms with E-state index < -0.39 is 72.6 Å². The Hall–Kier alpha value is -5.22. The highest BCUT2D eigenvalue weighted by molar-refractivity contribution is 5.98. The molecule has 0 aliphatic carbocycles. The van der Waals surface area contributed by atoms with E-state index in [-0.39, 0.29) is 13.2 Å². The summed E-state index contributed by atoms with van der Waals surface area (Å²) < 4.78 is 50.8. The Morgan fingerprint density at radius 2 is 1.72 bits per heavy atom. The predicted octanol–water partition coefficient (Wildman–Crippen LogP) is 3.24. The SMILES string of the molecule is O=C(COC1CC(CNc2ccccn2)N(OC(=O)OCc2ccccc2)C1)NCC(NC(=O)c1ccccc1C(F)(F)F)C(=O)O. The lowest BCUT2D eigenvalue weighted by Gasteiger charge is -2.22. The molecule has 0 bridgehead atoms. The molecule has 250 valence electrons. The van der Waals surface area contributed by atoms with Crippen molar-refractivity contribution in [3.05, 3.63) is 95.7 Å². The number of nitrogens with zero attached hydrogens (tertiary/aromatic N) is 2. The zero-order valence-corrected chi connectivity index (χ0v) is 24.8. The molecule has 2 aromatic carbocycles. The molecule has 2 amide bonds. The molecule has 4 N–H and O–H groups in total. The van der Waals surface area contributed by atoms with E-state index in [4.69, 9.17) is 14.3 Å². The summed E-state index contributed by atoms with van der Waals surface area (Å²) in [5, 5.41) is 18.3. The molecule has 2 heterocycles. The highest BCUT2D eigenvalue weighted by atomic mass is 19.4. The van der Waals surface area contributed by atoms with Gasteiger partial charge >= 0.3 is 18.3 Å². The monoisotopic (exact) mass is 659 g/mol. The Labute approximate surface area is 267 Å². The van der Waals surface area contributed by atoms with E-state index in [9.17, 15) is 37.5 Å². The number of amides is 2. The number of carbonyl (C=O) groups excluding carboxylic acids is 3. The second-order valence-corrected chi connectivity index (χ2v) is 10.3. The number of alkyl halides is 3. The van der Waals surface area contributed by atoms with Crippen LogP contribution in [0, 0.1) is 0 Å². The van der Waals surface area contributed by atoms with Gasteiger partial charge in [0.05, 0.1) is 29.8 Å². The summed E-state index contributed by atoms with van der Waals surface area (Å²) in [6, 6.07) is 16.1. The van der Waals surface area contributed by atoms with Crippen molar-refractivity contribution < 1.29 is 51.8 Å². The molecule has 13 nitrogen and oxygen atoms in total. The molecule has 1 fully saturated rings. The molecular weight excluding hydrogens is 627 g/mol. The third-order valence-electron chi connectivity index (χ3n) is 6.93. The zero-order valence-electron chi connectivity index (χ0n) is 24.8. The number of hydrogen-bond acceptors (Lipinski definition) is 10. The fraction of sp³-hybridized carbons (Fsp3) is 0.323. The number of nitrogens with one attached hydrogen (secondary N) is 3. The van der Waals surface area contributed by atoms with Crippen LogP contribution in [0.15, 0.2) is 79.0 Å². The minimum Gasteiger partial charge on any atom is -0.480 e. The first-order valence-electron chi connectivity index (χ1n) is 14.4. The number of rotatable bonds is 14. The number of benzene rings is 2. The number of halogens is 3. The highest BCUT2D eigenvalue weighted by Gasteiger charge is 2.37. The van der Waals surface area contributed by atoms with Crippen LogP contribution in [0.1, 0.15) is 27.9 Å². The lowest BCUT2D eigenvalue weighted by Crippen LogP contribution is -2.49. The Morgan fingerprint density at radius 3 is 2.43 bits per heavy atom. The summed E-state index contributed by atoms with van der Waals surface area (Å²) in [4.78, 5) is 58.8. The van der Waals surface area contributed by atoms with Gasteiger partial charge in [0.25, 0.3) is 5.91 Å². The third-order valence-corrected chi connectivity index (χ3v) is 6.93. The van der Waals surface area contributed by atoms with Gasteiger partial charge in [-0.05, 0) is 36.2 Å². The van der Waals surface area contributed by atoms with Gasteiger partial charge in [0.15, 0.2) is 0 Å². The van der Waals surface area contributed by atoms with Gasteiger partial charge in [0.2, 0.25) is 5.91 Å². The number of ether oxygens (including phenoxy) is 2. The summed E-state index contributed by atoms with van der Waals surface area (Å²) in [6.07, 6.45) is -4.43. The van der Waals surface area contributed by atoms with E-state index in [0.717, 1.165) is 17.7 Å². The number of pyridine rings is 1. The zero-order chi connectivity index (χ0) is 33.8. The molecule has 1 aliphatic heterocycles. The maximum Gasteiger partial charge on any atom is 0.528 e. The van der Waals surface area contributed by atoms with Crippen LogP contribution in [0.4, 0.5) is 23.8 Å². The molecule has 1 aromatic heterocycles. The van der Waals surface area contributed by atoms with Crippen LogP contribution in [0.3, 0.4) is 0 Å². The first-order valence-corrected chi connectivity index (χ1v) is 14.4. The van der Waals surface area contributed by atoms with Crippen molar-refractivity contribution in [2.24, 2.45) is 0 Å². The standard InChI is InChI=1S/C31H32F3N5O8/c32-31(33,34)24-11-5-4-10-23(24)28(41)38-25(29(42)43)16-37-27(40)19-45-22-14-21(15-36-26-12-6-7-13-35-26)39(17-22)47-30(44)46-18-20-8-2-1-3-9-20/h1-13,21-22,25H,14-19H2,(H,35,36)(H,37,40)(H,38,41)(H,42,43). The first kappa shape index (κ1) is 34.6. The number of carbonyl (C=O) groups is 4. The number of anilines is 1.